The maximum absolute atomic E-state index is 2.52. The second-order valence-corrected chi connectivity index (χ2v) is 14.4. The molecule has 78 valence electrons. The van der Waals surface area contributed by atoms with Crippen LogP contribution in [0, 0.1) is 0 Å². The van der Waals surface area contributed by atoms with Gasteiger partial charge in [-0.2, -0.15) is 0 Å². The summed E-state index contributed by atoms with van der Waals surface area (Å²) in [6.07, 6.45) is 0. The molecule has 1 rings (SSSR count). The summed E-state index contributed by atoms with van der Waals surface area (Å²) in [5, 5.41) is 2.68. The Kier molecular flexibility index (Phi) is 4.20. The fourth-order valence-corrected chi connectivity index (χ4v) is 10.5. The molecular formula is C12H21GeN. The Labute approximate surface area is 90.7 Å². The molecule has 0 amide bonds. The number of hydrogen-bond acceptors (Lipinski definition) is 1. The standard InChI is InChI=1S/C12H21GeN/c1-5-13(6-2,14(3)4)12-10-8-7-9-11-12/h7-11H,5-6H2,1-4H3. The van der Waals surface area contributed by atoms with Gasteiger partial charge in [0.2, 0.25) is 0 Å². The number of nitrogens with zero attached hydrogens (tertiary/aromatic N) is 1. The third-order valence-electron chi connectivity index (χ3n) is 3.34. The average Bonchev–Trinajstić information content (AvgIpc) is 2.22. The van der Waals surface area contributed by atoms with Gasteiger partial charge in [-0.05, 0) is 0 Å². The van der Waals surface area contributed by atoms with Crippen molar-refractivity contribution in [3.05, 3.63) is 30.3 Å². The minimum atomic E-state index is -1.91. The molecule has 0 aromatic heterocycles. The van der Waals surface area contributed by atoms with Crippen molar-refractivity contribution in [1.82, 2.24) is 3.86 Å². The predicted octanol–water partition coefficient (Wildman–Crippen LogP) is 2.44. The Morgan fingerprint density at radius 1 is 1.00 bits per heavy atom. The quantitative estimate of drug-likeness (QED) is 0.744. The Hall–Kier alpha value is -0.277. The van der Waals surface area contributed by atoms with E-state index in [-0.39, 0.29) is 0 Å². The van der Waals surface area contributed by atoms with Crippen LogP contribution in [0.5, 0.6) is 0 Å². The number of hydrogen-bond donors (Lipinski definition) is 0. The van der Waals surface area contributed by atoms with Crippen molar-refractivity contribution in [3.63, 3.8) is 0 Å². The summed E-state index contributed by atoms with van der Waals surface area (Å²) < 4.78 is 4.14. The Balaban J connectivity index is 3.11. The normalized spacial score (nSPS) is 12.1. The second kappa shape index (κ2) is 4.99. The average molecular weight is 252 g/mol. The Morgan fingerprint density at radius 2 is 1.50 bits per heavy atom. The summed E-state index contributed by atoms with van der Waals surface area (Å²) >= 11 is -1.91. The van der Waals surface area contributed by atoms with E-state index in [4.69, 9.17) is 0 Å². The van der Waals surface area contributed by atoms with Gasteiger partial charge >= 0.3 is 90.5 Å². The van der Waals surface area contributed by atoms with E-state index in [1.807, 2.05) is 0 Å². The Bertz CT molecular complexity index is 265. The zero-order valence-corrected chi connectivity index (χ0v) is 11.8. The third-order valence-corrected chi connectivity index (χ3v) is 14.8. The van der Waals surface area contributed by atoms with Crippen molar-refractivity contribution in [2.75, 3.05) is 14.1 Å². The summed E-state index contributed by atoms with van der Waals surface area (Å²) in [7, 11) is 4.50. The van der Waals surface area contributed by atoms with Crippen molar-refractivity contribution in [2.24, 2.45) is 0 Å². The van der Waals surface area contributed by atoms with E-state index >= 15 is 0 Å². The summed E-state index contributed by atoms with van der Waals surface area (Å²) in [6.45, 7) is 4.69. The zero-order valence-electron chi connectivity index (χ0n) is 9.75. The van der Waals surface area contributed by atoms with Crippen molar-refractivity contribution >= 4 is 17.9 Å². The van der Waals surface area contributed by atoms with Gasteiger partial charge in [-0.1, -0.05) is 0 Å². The molecule has 0 aliphatic heterocycles. The minimum absolute atomic E-state index is 1.34. The molecule has 0 bridgehead atoms. The summed E-state index contributed by atoms with van der Waals surface area (Å²) in [4.78, 5) is 0. The zero-order chi connectivity index (χ0) is 10.6. The van der Waals surface area contributed by atoms with E-state index in [0.29, 0.717) is 0 Å². The molecule has 0 unspecified atom stereocenters. The van der Waals surface area contributed by atoms with Crippen LogP contribution in [0.4, 0.5) is 0 Å². The molecule has 0 N–H and O–H groups in total. The summed E-state index contributed by atoms with van der Waals surface area (Å²) in [5.74, 6) is 0. The van der Waals surface area contributed by atoms with E-state index in [1.165, 1.54) is 10.5 Å². The fraction of sp³-hybridized carbons (Fsp3) is 0.500. The molecule has 1 aromatic rings. The molecule has 1 nitrogen and oxygen atoms in total. The van der Waals surface area contributed by atoms with Gasteiger partial charge in [0.25, 0.3) is 0 Å². The molecule has 1 aromatic carbocycles. The van der Waals surface area contributed by atoms with E-state index in [1.54, 1.807) is 4.40 Å². The molecule has 14 heavy (non-hydrogen) atoms. The van der Waals surface area contributed by atoms with Gasteiger partial charge in [0, 0.05) is 0 Å². The first kappa shape index (κ1) is 11.8. The molecule has 2 heteroatoms. The molecule has 0 saturated heterocycles. The molecular weight excluding hydrogens is 231 g/mol. The third kappa shape index (κ3) is 2.04. The van der Waals surface area contributed by atoms with Crippen LogP contribution in [0.1, 0.15) is 13.8 Å². The number of benzene rings is 1. The van der Waals surface area contributed by atoms with Gasteiger partial charge in [-0.15, -0.1) is 0 Å². The van der Waals surface area contributed by atoms with Crippen molar-refractivity contribution in [1.29, 1.82) is 0 Å². The van der Waals surface area contributed by atoms with E-state index in [0.717, 1.165) is 0 Å². The van der Waals surface area contributed by atoms with Crippen LogP contribution in [0.2, 0.25) is 10.5 Å². The van der Waals surface area contributed by atoms with Gasteiger partial charge in [-0.25, -0.2) is 0 Å². The van der Waals surface area contributed by atoms with Crippen LogP contribution in [-0.4, -0.2) is 31.4 Å². The molecule has 0 spiro atoms. The van der Waals surface area contributed by atoms with Crippen LogP contribution in [0.3, 0.4) is 0 Å². The van der Waals surface area contributed by atoms with Gasteiger partial charge in [0.05, 0.1) is 0 Å². The molecule has 0 fully saturated rings. The van der Waals surface area contributed by atoms with Crippen LogP contribution >= 0.6 is 0 Å². The first-order valence-electron chi connectivity index (χ1n) is 5.40. The van der Waals surface area contributed by atoms with Crippen molar-refractivity contribution in [3.8, 4) is 0 Å². The molecule has 0 radical (unpaired) electrons. The van der Waals surface area contributed by atoms with Gasteiger partial charge < -0.3 is 0 Å². The number of rotatable bonds is 4. The summed E-state index contributed by atoms with van der Waals surface area (Å²) in [5.41, 5.74) is 0. The first-order valence-corrected chi connectivity index (χ1v) is 10.4. The second-order valence-electron chi connectivity index (χ2n) is 4.00. The van der Waals surface area contributed by atoms with Gasteiger partial charge in [-0.3, -0.25) is 0 Å². The van der Waals surface area contributed by atoms with E-state index < -0.39 is 13.5 Å². The van der Waals surface area contributed by atoms with Crippen LogP contribution in [0.15, 0.2) is 30.3 Å². The Morgan fingerprint density at radius 3 is 1.86 bits per heavy atom. The van der Waals surface area contributed by atoms with Crippen molar-refractivity contribution < 1.29 is 0 Å². The molecule has 0 aliphatic rings. The maximum atomic E-state index is 2.52. The van der Waals surface area contributed by atoms with Crippen LogP contribution in [-0.2, 0) is 0 Å². The molecule has 0 atom stereocenters. The predicted molar refractivity (Wildman–Crippen MR) is 66.5 cm³/mol. The fourth-order valence-electron chi connectivity index (χ4n) is 2.30. The SMILES string of the molecule is C[CH2][Ge]([CH2]C)([c]1ccccc1)[N](C)C. The molecule has 0 saturated carbocycles. The van der Waals surface area contributed by atoms with E-state index in [9.17, 15) is 0 Å². The van der Waals surface area contributed by atoms with E-state index in [2.05, 4.69) is 62.1 Å². The molecule has 0 aliphatic carbocycles. The van der Waals surface area contributed by atoms with Gasteiger partial charge in [0.1, 0.15) is 0 Å². The monoisotopic (exact) mass is 253 g/mol. The topological polar surface area (TPSA) is 3.24 Å². The first-order chi connectivity index (χ1) is 6.67. The van der Waals surface area contributed by atoms with Gasteiger partial charge in [0.15, 0.2) is 0 Å². The van der Waals surface area contributed by atoms with Crippen LogP contribution < -0.4 is 4.40 Å². The molecule has 0 heterocycles. The van der Waals surface area contributed by atoms with Crippen molar-refractivity contribution in [2.45, 2.75) is 24.4 Å². The summed E-state index contributed by atoms with van der Waals surface area (Å²) in [6, 6.07) is 11.1. The van der Waals surface area contributed by atoms with Crippen LogP contribution in [0.25, 0.3) is 0 Å².